The Bertz CT molecular complexity index is 615. The first-order chi connectivity index (χ1) is 9.67. The number of para-hydroxylation sites is 2. The molecular weight excluding hydrogens is 262 g/mol. The van der Waals surface area contributed by atoms with Crippen LogP contribution < -0.4 is 5.32 Å². The van der Waals surface area contributed by atoms with Crippen molar-refractivity contribution in [3.05, 3.63) is 24.3 Å². The highest BCUT2D eigenvalue weighted by atomic mass is 16.6. The summed E-state index contributed by atoms with van der Waals surface area (Å²) < 4.78 is 7.26. The summed E-state index contributed by atoms with van der Waals surface area (Å²) in [6.45, 7) is -0.351. The number of hydrogen-bond acceptors (Lipinski definition) is 6. The van der Waals surface area contributed by atoms with E-state index in [-0.39, 0.29) is 6.61 Å². The molecular formula is C13H17N3O4. The summed E-state index contributed by atoms with van der Waals surface area (Å²) in [4.78, 5) is 4.40. The van der Waals surface area contributed by atoms with Crippen molar-refractivity contribution < 1.29 is 20.1 Å². The molecule has 20 heavy (non-hydrogen) atoms. The van der Waals surface area contributed by atoms with Gasteiger partial charge in [-0.05, 0) is 12.1 Å². The van der Waals surface area contributed by atoms with Crippen molar-refractivity contribution in [1.29, 1.82) is 0 Å². The highest BCUT2D eigenvalue weighted by molar-refractivity contribution is 5.78. The largest absolute Gasteiger partial charge is 0.394 e. The molecule has 0 amide bonds. The minimum Gasteiger partial charge on any atom is -0.394 e. The molecule has 4 atom stereocenters. The van der Waals surface area contributed by atoms with Crippen LogP contribution in [-0.2, 0) is 4.74 Å². The zero-order chi connectivity index (χ0) is 14.3. The molecule has 1 aromatic carbocycles. The fraction of sp³-hybridized carbons (Fsp3) is 0.462. The molecule has 3 rings (SSSR count). The number of hydrogen-bond donors (Lipinski definition) is 4. The fourth-order valence-electron chi connectivity index (χ4n) is 2.57. The fourth-order valence-corrected chi connectivity index (χ4v) is 2.57. The van der Waals surface area contributed by atoms with Gasteiger partial charge in [0, 0.05) is 7.05 Å². The summed E-state index contributed by atoms with van der Waals surface area (Å²) in [7, 11) is 1.72. The number of rotatable bonds is 3. The number of ether oxygens (including phenoxy) is 1. The molecule has 1 aliphatic heterocycles. The summed E-state index contributed by atoms with van der Waals surface area (Å²) in [5.41, 5.74) is 1.54. The van der Waals surface area contributed by atoms with Crippen LogP contribution in [0.1, 0.15) is 6.23 Å². The van der Waals surface area contributed by atoms with Gasteiger partial charge in [-0.3, -0.25) is 4.57 Å². The molecule has 4 N–H and O–H groups in total. The summed E-state index contributed by atoms with van der Waals surface area (Å²) in [5, 5.41) is 32.1. The Morgan fingerprint density at radius 2 is 2.05 bits per heavy atom. The van der Waals surface area contributed by atoms with E-state index in [9.17, 15) is 15.3 Å². The Hall–Kier alpha value is -1.67. The quantitative estimate of drug-likeness (QED) is 0.615. The zero-order valence-electron chi connectivity index (χ0n) is 11.0. The third-order valence-electron chi connectivity index (χ3n) is 3.59. The van der Waals surface area contributed by atoms with Crippen LogP contribution in [0.3, 0.4) is 0 Å². The topological polar surface area (TPSA) is 99.8 Å². The normalized spacial score (nSPS) is 30.0. The molecule has 1 fully saturated rings. The predicted molar refractivity (Wildman–Crippen MR) is 72.3 cm³/mol. The second-order valence-electron chi connectivity index (χ2n) is 4.77. The number of fused-ring (bicyclic) bond motifs is 1. The number of aliphatic hydroxyl groups is 3. The van der Waals surface area contributed by atoms with Crippen LogP contribution in [0.2, 0.25) is 0 Å². The molecule has 7 nitrogen and oxygen atoms in total. The Kier molecular flexibility index (Phi) is 3.35. The van der Waals surface area contributed by atoms with E-state index in [1.807, 2.05) is 24.3 Å². The second kappa shape index (κ2) is 5.02. The molecule has 1 saturated heterocycles. The van der Waals surface area contributed by atoms with Crippen LogP contribution in [0, 0.1) is 0 Å². The van der Waals surface area contributed by atoms with E-state index < -0.39 is 24.5 Å². The lowest BCUT2D eigenvalue weighted by atomic mass is 10.1. The number of nitrogens with one attached hydrogen (secondary N) is 1. The molecule has 2 aromatic rings. The van der Waals surface area contributed by atoms with Crippen molar-refractivity contribution in [2.45, 2.75) is 24.5 Å². The molecule has 0 unspecified atom stereocenters. The summed E-state index contributed by atoms with van der Waals surface area (Å²) in [5.74, 6) is 0.529. The Morgan fingerprint density at radius 1 is 1.30 bits per heavy atom. The minimum atomic E-state index is -1.13. The first-order valence-electron chi connectivity index (χ1n) is 6.44. The predicted octanol–water partition coefficient (Wildman–Crippen LogP) is -0.311. The lowest BCUT2D eigenvalue weighted by molar-refractivity contribution is -0.0499. The van der Waals surface area contributed by atoms with Gasteiger partial charge in [0.2, 0.25) is 5.95 Å². The van der Waals surface area contributed by atoms with Gasteiger partial charge in [0.1, 0.15) is 18.3 Å². The van der Waals surface area contributed by atoms with Crippen molar-refractivity contribution in [3.63, 3.8) is 0 Å². The lowest BCUT2D eigenvalue weighted by Crippen LogP contribution is -2.33. The molecule has 0 radical (unpaired) electrons. The number of nitrogens with zero attached hydrogens (tertiary/aromatic N) is 2. The summed E-state index contributed by atoms with van der Waals surface area (Å²) in [6, 6.07) is 7.45. The molecule has 7 heteroatoms. The van der Waals surface area contributed by atoms with Gasteiger partial charge in [0.25, 0.3) is 0 Å². The summed E-state index contributed by atoms with van der Waals surface area (Å²) in [6.07, 6.45) is -3.86. The van der Waals surface area contributed by atoms with Gasteiger partial charge in [0.05, 0.1) is 17.6 Å². The van der Waals surface area contributed by atoms with Gasteiger partial charge in [0.15, 0.2) is 6.23 Å². The number of aliphatic hydroxyl groups excluding tert-OH is 3. The summed E-state index contributed by atoms with van der Waals surface area (Å²) >= 11 is 0. The second-order valence-corrected chi connectivity index (χ2v) is 4.77. The van der Waals surface area contributed by atoms with E-state index in [0.717, 1.165) is 11.0 Å². The standard InChI is InChI=1S/C13H17N3O4/c1-14-13-15-7-4-2-3-5-8(7)16(13)12-11(19)10(18)9(6-17)20-12/h2-5,9-12,17-19H,6H2,1H3,(H,14,15)/t9-,10-,11-,12-/m1/s1. The van der Waals surface area contributed by atoms with E-state index >= 15 is 0 Å². The van der Waals surface area contributed by atoms with Crippen LogP contribution in [0.5, 0.6) is 0 Å². The van der Waals surface area contributed by atoms with Gasteiger partial charge in [-0.15, -0.1) is 0 Å². The SMILES string of the molecule is CNc1nc2ccccc2n1[C@@H]1O[C@H](CO)[C@@H](O)[C@H]1O. The first kappa shape index (κ1) is 13.3. The van der Waals surface area contributed by atoms with Crippen molar-refractivity contribution in [2.24, 2.45) is 0 Å². The Morgan fingerprint density at radius 3 is 2.70 bits per heavy atom. The zero-order valence-corrected chi connectivity index (χ0v) is 11.0. The average molecular weight is 279 g/mol. The number of imidazole rings is 1. The van der Waals surface area contributed by atoms with Crippen LogP contribution >= 0.6 is 0 Å². The van der Waals surface area contributed by atoms with Crippen molar-refractivity contribution in [3.8, 4) is 0 Å². The van der Waals surface area contributed by atoms with E-state index in [1.54, 1.807) is 11.6 Å². The molecule has 1 aliphatic rings. The highest BCUT2D eigenvalue weighted by Gasteiger charge is 2.44. The maximum atomic E-state index is 10.1. The van der Waals surface area contributed by atoms with Gasteiger partial charge in [-0.2, -0.15) is 0 Å². The molecule has 2 heterocycles. The highest BCUT2D eigenvalue weighted by Crippen LogP contribution is 2.34. The van der Waals surface area contributed by atoms with Crippen LogP contribution in [0.25, 0.3) is 11.0 Å². The van der Waals surface area contributed by atoms with Crippen LogP contribution in [0.15, 0.2) is 24.3 Å². The third kappa shape index (κ3) is 1.87. The van der Waals surface area contributed by atoms with Gasteiger partial charge < -0.3 is 25.4 Å². The molecule has 108 valence electrons. The van der Waals surface area contributed by atoms with Crippen LogP contribution in [0.4, 0.5) is 5.95 Å². The van der Waals surface area contributed by atoms with Gasteiger partial charge in [-0.25, -0.2) is 4.98 Å². The monoisotopic (exact) mass is 279 g/mol. The molecule has 0 spiro atoms. The first-order valence-corrected chi connectivity index (χ1v) is 6.44. The van der Waals surface area contributed by atoms with Crippen molar-refractivity contribution in [1.82, 2.24) is 9.55 Å². The Balaban J connectivity index is 2.10. The number of aromatic nitrogens is 2. The average Bonchev–Trinajstić information content (AvgIpc) is 2.98. The van der Waals surface area contributed by atoms with E-state index in [2.05, 4.69) is 10.3 Å². The van der Waals surface area contributed by atoms with E-state index in [0.29, 0.717) is 5.95 Å². The number of benzene rings is 1. The van der Waals surface area contributed by atoms with Crippen LogP contribution in [-0.4, -0.2) is 56.8 Å². The van der Waals surface area contributed by atoms with E-state index in [1.165, 1.54) is 0 Å². The minimum absolute atomic E-state index is 0.351. The molecule has 0 aliphatic carbocycles. The lowest BCUT2D eigenvalue weighted by Gasteiger charge is -2.19. The van der Waals surface area contributed by atoms with E-state index in [4.69, 9.17) is 4.74 Å². The van der Waals surface area contributed by atoms with Gasteiger partial charge in [-0.1, -0.05) is 12.1 Å². The molecule has 1 aromatic heterocycles. The van der Waals surface area contributed by atoms with Gasteiger partial charge >= 0.3 is 0 Å². The smallest absolute Gasteiger partial charge is 0.205 e. The molecule has 0 bridgehead atoms. The number of anilines is 1. The van der Waals surface area contributed by atoms with Crippen molar-refractivity contribution in [2.75, 3.05) is 19.0 Å². The van der Waals surface area contributed by atoms with Crippen molar-refractivity contribution >= 4 is 17.0 Å². The Labute approximate surface area is 115 Å². The maximum Gasteiger partial charge on any atom is 0.205 e. The maximum absolute atomic E-state index is 10.1. The third-order valence-corrected chi connectivity index (χ3v) is 3.59. The molecule has 0 saturated carbocycles.